The average molecular weight is 421 g/mol. The number of thiazole rings is 1. The van der Waals surface area contributed by atoms with Crippen LogP contribution in [0.4, 0.5) is 10.8 Å². The molecule has 3 rings (SSSR count). The number of nitro groups is 1. The Morgan fingerprint density at radius 2 is 2.20 bits per heavy atom. The maximum atomic E-state index is 12.1. The molecule has 0 saturated carbocycles. The van der Waals surface area contributed by atoms with Gasteiger partial charge in [-0.3, -0.25) is 10.1 Å². The lowest BCUT2D eigenvalue weighted by molar-refractivity contribution is -0.398. The number of nitro benzene ring substituents is 1. The van der Waals surface area contributed by atoms with Crippen LogP contribution in [-0.4, -0.2) is 22.7 Å². The molecule has 0 bridgehead atoms. The van der Waals surface area contributed by atoms with E-state index in [9.17, 15) is 15.2 Å². The van der Waals surface area contributed by atoms with Gasteiger partial charge < -0.3 is 9.84 Å². The van der Waals surface area contributed by atoms with Gasteiger partial charge in [0.1, 0.15) is 5.75 Å². The largest absolute Gasteiger partial charge is 0.867 e. The molecule has 1 aromatic heterocycles. The number of fused-ring (bicyclic) bond motifs is 1. The van der Waals surface area contributed by atoms with Crippen molar-refractivity contribution in [3.63, 3.8) is 0 Å². The third-order valence-corrected chi connectivity index (χ3v) is 4.62. The first kappa shape index (κ1) is 17.3. The summed E-state index contributed by atoms with van der Waals surface area (Å²) in [5.74, 6) is 0.0651. The highest BCUT2D eigenvalue weighted by molar-refractivity contribution is 9.10. The number of nitrogens with zero attached hydrogens (tertiary/aromatic N) is 3. The molecule has 0 aliphatic heterocycles. The molecule has 0 spiro atoms. The number of rotatable bonds is 5. The van der Waals surface area contributed by atoms with Crippen molar-refractivity contribution >= 4 is 54.5 Å². The van der Waals surface area contributed by atoms with Gasteiger partial charge in [-0.2, -0.15) is 0 Å². The van der Waals surface area contributed by atoms with Crippen LogP contribution in [0.2, 0.25) is 0 Å². The van der Waals surface area contributed by atoms with Crippen molar-refractivity contribution in [2.45, 2.75) is 6.92 Å². The van der Waals surface area contributed by atoms with Crippen LogP contribution in [0.25, 0.3) is 10.2 Å². The molecule has 128 valence electrons. The van der Waals surface area contributed by atoms with E-state index in [-0.39, 0.29) is 5.56 Å². The zero-order valence-electron chi connectivity index (χ0n) is 12.9. The highest BCUT2D eigenvalue weighted by Crippen LogP contribution is 2.33. The number of hydrogen-bond donors (Lipinski definition) is 0. The van der Waals surface area contributed by atoms with E-state index < -0.39 is 16.4 Å². The Morgan fingerprint density at radius 3 is 2.92 bits per heavy atom. The number of aliphatic imine (C=N–C) groups is 1. The number of benzene rings is 2. The van der Waals surface area contributed by atoms with Gasteiger partial charge in [0, 0.05) is 16.8 Å². The first-order valence-electron chi connectivity index (χ1n) is 7.20. The molecule has 0 aliphatic carbocycles. The Morgan fingerprint density at radius 1 is 1.40 bits per heavy atom. The highest BCUT2D eigenvalue weighted by atomic mass is 79.9. The fourth-order valence-electron chi connectivity index (χ4n) is 2.16. The van der Waals surface area contributed by atoms with Crippen LogP contribution in [0.1, 0.15) is 12.5 Å². The molecule has 0 unspecified atom stereocenters. The van der Waals surface area contributed by atoms with Gasteiger partial charge in [-0.1, -0.05) is 27.3 Å². The average Bonchev–Trinajstić information content (AvgIpc) is 2.97. The first-order valence-corrected chi connectivity index (χ1v) is 8.81. The van der Waals surface area contributed by atoms with Gasteiger partial charge in [-0.05, 0) is 42.5 Å². The van der Waals surface area contributed by atoms with E-state index >= 15 is 0 Å². The predicted octanol–water partition coefficient (Wildman–Crippen LogP) is 4.19. The number of hydrogen-bond acceptors (Lipinski definition) is 7. The second-order valence-electron chi connectivity index (χ2n) is 4.92. The molecule has 0 fully saturated rings. The van der Waals surface area contributed by atoms with Gasteiger partial charge in [-0.25, -0.2) is 9.98 Å². The summed E-state index contributed by atoms with van der Waals surface area (Å²) in [5.41, 5.74) is 0.389. The Labute approximate surface area is 154 Å². The molecule has 2 aromatic carbocycles. The van der Waals surface area contributed by atoms with Crippen LogP contribution in [0.5, 0.6) is 11.5 Å². The van der Waals surface area contributed by atoms with Gasteiger partial charge in [0.25, 0.3) is 5.69 Å². The molecule has 3 aromatic rings. The minimum Gasteiger partial charge on any atom is -0.867 e. The van der Waals surface area contributed by atoms with Gasteiger partial charge in [0.2, 0.25) is 5.13 Å². The van der Waals surface area contributed by atoms with E-state index in [0.29, 0.717) is 16.2 Å². The SMILES string of the molecule is CCOc1ccc2nc(N=Cc3cc(Br)cc([N+](=O)[O-])c3[O-])sc2c1. The van der Waals surface area contributed by atoms with Crippen LogP contribution in [0.3, 0.4) is 0 Å². The van der Waals surface area contributed by atoms with E-state index in [2.05, 4.69) is 25.9 Å². The third-order valence-electron chi connectivity index (χ3n) is 3.23. The van der Waals surface area contributed by atoms with E-state index in [4.69, 9.17) is 4.74 Å². The maximum Gasteiger partial charge on any atom is 0.263 e. The van der Waals surface area contributed by atoms with Crippen LogP contribution in [-0.2, 0) is 0 Å². The zero-order valence-corrected chi connectivity index (χ0v) is 15.3. The minimum atomic E-state index is -0.711. The molecular weight excluding hydrogens is 410 g/mol. The van der Waals surface area contributed by atoms with Crippen molar-refractivity contribution in [3.05, 3.63) is 50.5 Å². The Hall–Kier alpha value is -2.52. The van der Waals surface area contributed by atoms with Gasteiger partial charge in [0.15, 0.2) is 0 Å². The Kier molecular flexibility index (Phi) is 4.95. The van der Waals surface area contributed by atoms with Crippen LogP contribution in [0, 0.1) is 10.1 Å². The smallest absolute Gasteiger partial charge is 0.263 e. The van der Waals surface area contributed by atoms with Crippen molar-refractivity contribution in [1.82, 2.24) is 4.98 Å². The maximum absolute atomic E-state index is 12.1. The van der Waals surface area contributed by atoms with Crippen molar-refractivity contribution in [1.29, 1.82) is 0 Å². The first-order chi connectivity index (χ1) is 12.0. The highest BCUT2D eigenvalue weighted by Gasteiger charge is 2.11. The van der Waals surface area contributed by atoms with Gasteiger partial charge >= 0.3 is 0 Å². The summed E-state index contributed by atoms with van der Waals surface area (Å²) in [6.45, 7) is 2.48. The van der Waals surface area contributed by atoms with Gasteiger partial charge in [0.05, 0.1) is 21.7 Å². The monoisotopic (exact) mass is 420 g/mol. The topological polar surface area (TPSA) is 101 Å². The second-order valence-corrected chi connectivity index (χ2v) is 6.84. The van der Waals surface area contributed by atoms with Crippen molar-refractivity contribution in [2.75, 3.05) is 6.61 Å². The Balaban J connectivity index is 1.94. The molecule has 0 saturated heterocycles. The zero-order chi connectivity index (χ0) is 18.0. The molecule has 9 heteroatoms. The van der Waals surface area contributed by atoms with E-state index in [1.165, 1.54) is 29.7 Å². The van der Waals surface area contributed by atoms with Gasteiger partial charge in [-0.15, -0.1) is 0 Å². The second kappa shape index (κ2) is 7.16. The molecular formula is C16H11BrN3O4S-. The summed E-state index contributed by atoms with van der Waals surface area (Å²) in [7, 11) is 0. The van der Waals surface area contributed by atoms with Crippen molar-refractivity contribution in [3.8, 4) is 11.5 Å². The lowest BCUT2D eigenvalue weighted by Crippen LogP contribution is -2.02. The van der Waals surface area contributed by atoms with Crippen LogP contribution in [0.15, 0.2) is 39.8 Å². The minimum absolute atomic E-state index is 0.121. The summed E-state index contributed by atoms with van der Waals surface area (Å²) < 4.78 is 6.79. The molecule has 0 aliphatic rings. The summed E-state index contributed by atoms with van der Waals surface area (Å²) in [6.07, 6.45) is 1.29. The van der Waals surface area contributed by atoms with E-state index in [1.807, 2.05) is 25.1 Å². The normalized spacial score (nSPS) is 11.3. The fraction of sp³-hybridized carbons (Fsp3) is 0.125. The summed E-state index contributed by atoms with van der Waals surface area (Å²) >= 11 is 4.50. The summed E-state index contributed by atoms with van der Waals surface area (Å²) in [4.78, 5) is 18.8. The molecule has 0 atom stereocenters. The standard InChI is InChI=1S/C16H12BrN3O4S/c1-2-24-11-3-4-12-14(7-11)25-16(19-12)18-8-9-5-10(17)6-13(15(9)21)20(22)23/h3-8,21H,2H2,1H3/p-1. The van der Waals surface area contributed by atoms with Crippen molar-refractivity contribution < 1.29 is 14.8 Å². The predicted molar refractivity (Wildman–Crippen MR) is 98.3 cm³/mol. The lowest BCUT2D eigenvalue weighted by Gasteiger charge is -2.10. The number of aromatic nitrogens is 1. The Bertz CT molecular complexity index is 987. The van der Waals surface area contributed by atoms with E-state index in [1.54, 1.807) is 0 Å². The third kappa shape index (κ3) is 3.77. The molecule has 7 nitrogen and oxygen atoms in total. The molecule has 0 radical (unpaired) electrons. The lowest BCUT2D eigenvalue weighted by atomic mass is 10.2. The fourth-order valence-corrected chi connectivity index (χ4v) is 3.46. The van der Waals surface area contributed by atoms with E-state index in [0.717, 1.165) is 16.0 Å². The van der Waals surface area contributed by atoms with Crippen molar-refractivity contribution in [2.24, 2.45) is 4.99 Å². The molecule has 25 heavy (non-hydrogen) atoms. The summed E-state index contributed by atoms with van der Waals surface area (Å²) in [5, 5.41) is 23.5. The molecule has 0 N–H and O–H groups in total. The molecule has 1 heterocycles. The van der Waals surface area contributed by atoms with Crippen LogP contribution >= 0.6 is 27.3 Å². The summed E-state index contributed by atoms with van der Waals surface area (Å²) in [6, 6.07) is 8.19. The number of halogens is 1. The van der Waals surface area contributed by atoms with Crippen LogP contribution < -0.4 is 9.84 Å². The number of ether oxygens (including phenoxy) is 1. The molecule has 0 amide bonds. The quantitative estimate of drug-likeness (QED) is 0.349.